The van der Waals surface area contributed by atoms with Gasteiger partial charge in [-0.05, 0) is 30.3 Å². The number of carbonyl (C=O) groups excluding carboxylic acids is 1. The van der Waals surface area contributed by atoms with Crippen LogP contribution >= 0.6 is 0 Å². The maximum atomic E-state index is 13.2. The number of nitrogens with zero attached hydrogens (tertiary/aromatic N) is 3. The number of rotatable bonds is 4. The molecule has 2 heterocycles. The smallest absolute Gasteiger partial charge is 0.320 e. The zero-order valence-corrected chi connectivity index (χ0v) is 15.5. The van der Waals surface area contributed by atoms with E-state index in [9.17, 15) is 41.3 Å². The third-order valence-electron chi connectivity index (χ3n) is 4.14. The fourth-order valence-electron chi connectivity index (χ4n) is 2.72. The highest BCUT2D eigenvalue weighted by Crippen LogP contribution is 2.37. The van der Waals surface area contributed by atoms with Crippen molar-refractivity contribution in [3.05, 3.63) is 81.8 Å². The number of hydrogen-bond acceptors (Lipinski definition) is 5. The fourth-order valence-corrected chi connectivity index (χ4v) is 2.72. The summed E-state index contributed by atoms with van der Waals surface area (Å²) in [6.45, 7) is 0. The summed E-state index contributed by atoms with van der Waals surface area (Å²) in [6.07, 6.45) is -7.68. The van der Waals surface area contributed by atoms with E-state index >= 15 is 0 Å². The first-order valence-electron chi connectivity index (χ1n) is 8.53. The molecule has 1 N–H and O–H groups in total. The summed E-state index contributed by atoms with van der Waals surface area (Å²) in [4.78, 5) is 29.7. The van der Waals surface area contributed by atoms with Gasteiger partial charge in [-0.1, -0.05) is 6.07 Å². The average Bonchev–Trinajstić information content (AvgIpc) is 2.72. The molecule has 3 aromatic rings. The number of nitrogens with one attached hydrogen (secondary N) is 1. The Morgan fingerprint density at radius 3 is 2.25 bits per heavy atom. The molecule has 1 aromatic carbocycles. The van der Waals surface area contributed by atoms with E-state index in [1.165, 1.54) is 0 Å². The summed E-state index contributed by atoms with van der Waals surface area (Å²) in [7, 11) is 0. The fraction of sp³-hybridized carbons (Fsp3) is 0.105. The third kappa shape index (κ3) is 4.82. The molecule has 3 rings (SSSR count). The zero-order chi connectivity index (χ0) is 23.7. The molecular weight excluding hydrogens is 446 g/mol. The maximum Gasteiger partial charge on any atom is 0.433 e. The lowest BCUT2D eigenvalue weighted by molar-refractivity contribution is -0.385. The summed E-state index contributed by atoms with van der Waals surface area (Å²) in [5.41, 5.74) is -4.67. The molecule has 13 heteroatoms. The normalized spacial score (nSPS) is 11.8. The van der Waals surface area contributed by atoms with E-state index in [1.54, 1.807) is 0 Å². The Balaban J connectivity index is 1.96. The van der Waals surface area contributed by atoms with Crippen LogP contribution in [0.4, 0.5) is 37.7 Å². The van der Waals surface area contributed by atoms with Gasteiger partial charge in [0.1, 0.15) is 11.3 Å². The van der Waals surface area contributed by atoms with Crippen LogP contribution in [0.5, 0.6) is 0 Å². The first-order valence-corrected chi connectivity index (χ1v) is 8.53. The van der Waals surface area contributed by atoms with Crippen LogP contribution in [0.1, 0.15) is 21.6 Å². The van der Waals surface area contributed by atoms with Gasteiger partial charge in [0.2, 0.25) is 0 Å². The summed E-state index contributed by atoms with van der Waals surface area (Å²) in [6, 6.07) is 6.05. The Morgan fingerprint density at radius 1 is 0.969 bits per heavy atom. The average molecular weight is 456 g/mol. The quantitative estimate of drug-likeness (QED) is 0.325. The molecule has 0 aliphatic carbocycles. The summed E-state index contributed by atoms with van der Waals surface area (Å²) in [5, 5.41) is 13.6. The molecule has 0 aliphatic rings. The summed E-state index contributed by atoms with van der Waals surface area (Å²) >= 11 is 0. The van der Waals surface area contributed by atoms with Gasteiger partial charge in [0.15, 0.2) is 0 Å². The second-order valence-electron chi connectivity index (χ2n) is 6.27. The van der Waals surface area contributed by atoms with Crippen molar-refractivity contribution < 1.29 is 36.1 Å². The highest BCUT2D eigenvalue weighted by molar-refractivity contribution is 6.07. The lowest BCUT2D eigenvalue weighted by Gasteiger charge is -2.12. The number of halogens is 6. The van der Waals surface area contributed by atoms with Crippen LogP contribution in [-0.4, -0.2) is 20.8 Å². The van der Waals surface area contributed by atoms with E-state index in [2.05, 4.69) is 15.3 Å². The number of pyridine rings is 2. The molecule has 0 aliphatic heterocycles. The Kier molecular flexibility index (Phi) is 5.84. The second-order valence-corrected chi connectivity index (χ2v) is 6.27. The standard InChI is InChI=1S/C19H10F6N4O3/c20-18(21,22)13-2-1-7-26-16(13)10-3-5-12(14(8-10)29(31)32)17(30)28-11-4-6-15(27-9-11)19(23,24)25/h1-9H,(H,28,30). The second kappa shape index (κ2) is 8.24. The topological polar surface area (TPSA) is 98.0 Å². The van der Waals surface area contributed by atoms with Crippen LogP contribution in [0.15, 0.2) is 54.9 Å². The Morgan fingerprint density at radius 2 is 1.69 bits per heavy atom. The van der Waals surface area contributed by atoms with E-state index in [0.717, 1.165) is 42.6 Å². The number of aromatic nitrogens is 2. The van der Waals surface area contributed by atoms with Crippen LogP contribution in [0.3, 0.4) is 0 Å². The molecule has 0 bridgehead atoms. The van der Waals surface area contributed by atoms with Gasteiger partial charge in [-0.25, -0.2) is 4.98 Å². The van der Waals surface area contributed by atoms with Crippen molar-refractivity contribution in [3.63, 3.8) is 0 Å². The molecule has 0 spiro atoms. The van der Waals surface area contributed by atoms with E-state index in [4.69, 9.17) is 0 Å². The monoisotopic (exact) mass is 456 g/mol. The molecule has 2 aromatic heterocycles. The number of amides is 1. The molecule has 0 saturated carbocycles. The van der Waals surface area contributed by atoms with Crippen LogP contribution in [0.25, 0.3) is 11.3 Å². The van der Waals surface area contributed by atoms with Gasteiger partial charge >= 0.3 is 12.4 Å². The van der Waals surface area contributed by atoms with E-state index in [-0.39, 0.29) is 11.3 Å². The SMILES string of the molecule is O=C(Nc1ccc(C(F)(F)F)nc1)c1ccc(-c2ncccc2C(F)(F)F)cc1[N+](=O)[O-]. The van der Waals surface area contributed by atoms with Crippen molar-refractivity contribution in [2.24, 2.45) is 0 Å². The highest BCUT2D eigenvalue weighted by atomic mass is 19.4. The predicted octanol–water partition coefficient (Wildman–Crippen LogP) is 5.34. The molecule has 7 nitrogen and oxygen atoms in total. The number of benzene rings is 1. The maximum absolute atomic E-state index is 13.2. The number of anilines is 1. The summed E-state index contributed by atoms with van der Waals surface area (Å²) < 4.78 is 77.4. The van der Waals surface area contributed by atoms with E-state index < -0.39 is 51.4 Å². The number of hydrogen-bond donors (Lipinski definition) is 1. The lowest BCUT2D eigenvalue weighted by Crippen LogP contribution is -2.15. The number of carbonyl (C=O) groups is 1. The van der Waals surface area contributed by atoms with Gasteiger partial charge in [-0.2, -0.15) is 26.3 Å². The van der Waals surface area contributed by atoms with E-state index in [1.807, 2.05) is 0 Å². The van der Waals surface area contributed by atoms with Crippen molar-refractivity contribution in [3.8, 4) is 11.3 Å². The van der Waals surface area contributed by atoms with Crippen LogP contribution in [0.2, 0.25) is 0 Å². The minimum atomic E-state index is -4.77. The summed E-state index contributed by atoms with van der Waals surface area (Å²) in [5.74, 6) is -1.07. The van der Waals surface area contributed by atoms with Gasteiger partial charge in [0.25, 0.3) is 11.6 Å². The van der Waals surface area contributed by atoms with Crippen LogP contribution in [-0.2, 0) is 12.4 Å². The molecule has 0 fully saturated rings. The van der Waals surface area contributed by atoms with Gasteiger partial charge in [0, 0.05) is 17.8 Å². The van der Waals surface area contributed by atoms with Crippen molar-refractivity contribution in [1.29, 1.82) is 0 Å². The first-order chi connectivity index (χ1) is 14.9. The predicted molar refractivity (Wildman–Crippen MR) is 98.5 cm³/mol. The van der Waals surface area contributed by atoms with Gasteiger partial charge in [0.05, 0.1) is 28.1 Å². The molecule has 0 radical (unpaired) electrons. The minimum absolute atomic E-state index is 0.176. The Hall–Kier alpha value is -4.03. The molecule has 0 saturated heterocycles. The van der Waals surface area contributed by atoms with Crippen molar-refractivity contribution in [1.82, 2.24) is 9.97 Å². The minimum Gasteiger partial charge on any atom is -0.320 e. The highest BCUT2D eigenvalue weighted by Gasteiger charge is 2.35. The lowest BCUT2D eigenvalue weighted by atomic mass is 10.0. The van der Waals surface area contributed by atoms with Crippen molar-refractivity contribution in [2.75, 3.05) is 5.32 Å². The van der Waals surface area contributed by atoms with Gasteiger partial charge in [-0.15, -0.1) is 0 Å². The van der Waals surface area contributed by atoms with Crippen LogP contribution in [0, 0.1) is 10.1 Å². The molecule has 0 unspecified atom stereocenters. The van der Waals surface area contributed by atoms with Crippen molar-refractivity contribution in [2.45, 2.75) is 12.4 Å². The number of nitro groups is 1. The number of alkyl halides is 6. The Bertz CT molecular complexity index is 1180. The van der Waals surface area contributed by atoms with Gasteiger partial charge < -0.3 is 5.32 Å². The first kappa shape index (κ1) is 22.7. The zero-order valence-electron chi connectivity index (χ0n) is 15.5. The van der Waals surface area contributed by atoms with E-state index in [0.29, 0.717) is 12.3 Å². The molecule has 1 amide bonds. The largest absolute Gasteiger partial charge is 0.433 e. The molecule has 0 atom stereocenters. The third-order valence-corrected chi connectivity index (χ3v) is 4.14. The number of nitro benzene ring substituents is 1. The molecule has 32 heavy (non-hydrogen) atoms. The Labute approximate surface area is 174 Å². The van der Waals surface area contributed by atoms with Crippen molar-refractivity contribution >= 4 is 17.3 Å². The molecular formula is C19H10F6N4O3. The van der Waals surface area contributed by atoms with Crippen LogP contribution < -0.4 is 5.32 Å². The molecule has 166 valence electrons. The van der Waals surface area contributed by atoms with Gasteiger partial charge in [-0.3, -0.25) is 19.9 Å².